The Morgan fingerprint density at radius 3 is 2.60 bits per heavy atom. The van der Waals surface area contributed by atoms with Gasteiger partial charge in [-0.15, -0.1) is 0 Å². The van der Waals surface area contributed by atoms with Gasteiger partial charge in [0, 0.05) is 19.3 Å². The fourth-order valence-electron chi connectivity index (χ4n) is 3.36. The maximum atomic E-state index is 12.8. The number of aliphatic hydroxyl groups excluding tert-OH is 1. The summed E-state index contributed by atoms with van der Waals surface area (Å²) in [4.78, 5) is 30.6. The number of nitrogens with zero attached hydrogens (tertiary/aromatic N) is 2. The van der Waals surface area contributed by atoms with Crippen LogP contribution in [0.15, 0.2) is 42.6 Å². The van der Waals surface area contributed by atoms with Crippen molar-refractivity contribution < 1.29 is 19.4 Å². The highest BCUT2D eigenvalue weighted by Gasteiger charge is 2.36. The average molecular weight is 432 g/mol. The lowest BCUT2D eigenvalue weighted by molar-refractivity contribution is -0.0113. The molecule has 0 aliphatic carbocycles. The number of fused-ring (bicyclic) bond motifs is 1. The van der Waals surface area contributed by atoms with Gasteiger partial charge in [-0.1, -0.05) is 35.9 Å². The number of carbonyl (C=O) groups is 2. The lowest BCUT2D eigenvalue weighted by atomic mass is 9.91. The first kappa shape index (κ1) is 22.1. The average Bonchev–Trinajstić information content (AvgIpc) is 2.70. The molecule has 0 unspecified atom stereocenters. The van der Waals surface area contributed by atoms with E-state index >= 15 is 0 Å². The van der Waals surface area contributed by atoms with Crippen molar-refractivity contribution in [3.05, 3.63) is 64.4 Å². The van der Waals surface area contributed by atoms with E-state index < -0.39 is 23.8 Å². The molecule has 1 aliphatic heterocycles. The fourth-order valence-corrected chi connectivity index (χ4v) is 3.47. The molecular weight excluding hydrogens is 406 g/mol. The summed E-state index contributed by atoms with van der Waals surface area (Å²) in [5, 5.41) is 13.8. The van der Waals surface area contributed by atoms with Crippen LogP contribution in [0.5, 0.6) is 0 Å². The lowest BCUT2D eigenvalue weighted by Crippen LogP contribution is -2.54. The van der Waals surface area contributed by atoms with Crippen molar-refractivity contribution >= 4 is 23.6 Å². The van der Waals surface area contributed by atoms with Gasteiger partial charge < -0.3 is 15.2 Å². The fraction of sp³-hybridized carbons (Fsp3) is 0.409. The van der Waals surface area contributed by atoms with Crippen molar-refractivity contribution in [3.63, 3.8) is 0 Å². The molecule has 0 fully saturated rings. The van der Waals surface area contributed by atoms with Gasteiger partial charge in [-0.25, -0.2) is 9.78 Å². The maximum absolute atomic E-state index is 12.8. The lowest BCUT2D eigenvalue weighted by Gasteiger charge is -2.40. The predicted molar refractivity (Wildman–Crippen MR) is 113 cm³/mol. The zero-order chi connectivity index (χ0) is 21.9. The first-order valence-corrected chi connectivity index (χ1v) is 10.2. The van der Waals surface area contributed by atoms with Gasteiger partial charge in [0.25, 0.3) is 5.91 Å². The van der Waals surface area contributed by atoms with Crippen molar-refractivity contribution in [1.82, 2.24) is 15.2 Å². The number of ether oxygens (including phenoxy) is 1. The smallest absolute Gasteiger partial charge is 0.410 e. The van der Waals surface area contributed by atoms with Crippen LogP contribution in [0.4, 0.5) is 4.79 Å². The minimum Gasteiger partial charge on any atom is -0.444 e. The van der Waals surface area contributed by atoms with Crippen molar-refractivity contribution in [3.8, 4) is 0 Å². The molecule has 7 nitrogen and oxygen atoms in total. The van der Waals surface area contributed by atoms with Gasteiger partial charge in [0.1, 0.15) is 10.8 Å². The summed E-state index contributed by atoms with van der Waals surface area (Å²) < 4.78 is 5.55. The number of hydrogen-bond acceptors (Lipinski definition) is 5. The number of halogens is 1. The van der Waals surface area contributed by atoms with Gasteiger partial charge in [0.15, 0.2) is 0 Å². The predicted octanol–water partition coefficient (Wildman–Crippen LogP) is 3.19. The summed E-state index contributed by atoms with van der Waals surface area (Å²) in [6.45, 7) is 5.72. The third-order valence-electron chi connectivity index (χ3n) is 4.82. The topological polar surface area (TPSA) is 91.8 Å². The van der Waals surface area contributed by atoms with E-state index in [0.717, 1.165) is 11.1 Å². The maximum Gasteiger partial charge on any atom is 0.410 e. The first-order valence-electron chi connectivity index (χ1n) is 9.78. The molecule has 2 N–H and O–H groups in total. The Hall–Kier alpha value is -2.64. The SMILES string of the molecule is CC(C)(C)OC(=O)N1Cc2ccccc2C[C@H]1[C@H](O)CNC(=O)c1ccc(Cl)nc1. The molecule has 0 spiro atoms. The summed E-state index contributed by atoms with van der Waals surface area (Å²) in [5.41, 5.74) is 1.77. The first-order chi connectivity index (χ1) is 14.1. The van der Waals surface area contributed by atoms with Crippen molar-refractivity contribution in [2.24, 2.45) is 0 Å². The van der Waals surface area contributed by atoms with Crippen LogP contribution < -0.4 is 5.32 Å². The zero-order valence-corrected chi connectivity index (χ0v) is 18.0. The molecule has 1 aliphatic rings. The summed E-state index contributed by atoms with van der Waals surface area (Å²) in [7, 11) is 0. The Kier molecular flexibility index (Phi) is 6.63. The van der Waals surface area contributed by atoms with E-state index in [-0.39, 0.29) is 12.5 Å². The second-order valence-electron chi connectivity index (χ2n) is 8.30. The molecule has 1 aromatic heterocycles. The van der Waals surface area contributed by atoms with E-state index in [4.69, 9.17) is 16.3 Å². The van der Waals surface area contributed by atoms with Crippen LogP contribution in [0.2, 0.25) is 5.15 Å². The number of pyridine rings is 1. The molecule has 2 heterocycles. The number of aliphatic hydroxyl groups is 1. The highest BCUT2D eigenvalue weighted by atomic mass is 35.5. The van der Waals surface area contributed by atoms with E-state index in [2.05, 4.69) is 10.3 Å². The van der Waals surface area contributed by atoms with E-state index in [1.165, 1.54) is 17.2 Å². The van der Waals surface area contributed by atoms with E-state index in [1.807, 2.05) is 24.3 Å². The molecule has 0 bridgehead atoms. The number of carbonyl (C=O) groups excluding carboxylic acids is 2. The van der Waals surface area contributed by atoms with Crippen LogP contribution in [-0.4, -0.2) is 51.3 Å². The number of benzene rings is 1. The molecule has 3 rings (SSSR count). The minimum absolute atomic E-state index is 0.0202. The summed E-state index contributed by atoms with van der Waals surface area (Å²) in [6, 6.07) is 10.3. The number of hydrogen-bond donors (Lipinski definition) is 2. The molecule has 2 aromatic rings. The molecule has 0 saturated carbocycles. The van der Waals surface area contributed by atoms with Crippen LogP contribution in [0.3, 0.4) is 0 Å². The highest BCUT2D eigenvalue weighted by Crippen LogP contribution is 2.27. The molecular formula is C22H26ClN3O4. The summed E-state index contributed by atoms with van der Waals surface area (Å²) in [5.74, 6) is -0.377. The molecule has 2 atom stereocenters. The Bertz CT molecular complexity index is 911. The Labute approximate surface area is 181 Å². The van der Waals surface area contributed by atoms with Gasteiger partial charge in [-0.3, -0.25) is 9.69 Å². The van der Waals surface area contributed by atoms with Gasteiger partial charge >= 0.3 is 6.09 Å². The van der Waals surface area contributed by atoms with Crippen LogP contribution in [0.1, 0.15) is 42.3 Å². The Morgan fingerprint density at radius 2 is 1.97 bits per heavy atom. The summed E-state index contributed by atoms with van der Waals surface area (Å²) >= 11 is 5.75. The van der Waals surface area contributed by atoms with Gasteiger partial charge in [-0.05, 0) is 50.5 Å². The van der Waals surface area contributed by atoms with Gasteiger partial charge in [0.2, 0.25) is 0 Å². The molecule has 8 heteroatoms. The second kappa shape index (κ2) is 9.02. The molecule has 1 aromatic carbocycles. The Morgan fingerprint density at radius 1 is 1.27 bits per heavy atom. The minimum atomic E-state index is -0.977. The largest absolute Gasteiger partial charge is 0.444 e. The summed E-state index contributed by atoms with van der Waals surface area (Å²) in [6.07, 6.45) is 0.368. The van der Waals surface area contributed by atoms with Crippen LogP contribution in [0, 0.1) is 0 Å². The highest BCUT2D eigenvalue weighted by molar-refractivity contribution is 6.29. The monoisotopic (exact) mass is 431 g/mol. The Balaban J connectivity index is 1.73. The van der Waals surface area contributed by atoms with E-state index in [9.17, 15) is 14.7 Å². The van der Waals surface area contributed by atoms with Crippen molar-refractivity contribution in [2.75, 3.05) is 6.54 Å². The number of amides is 2. The molecule has 0 radical (unpaired) electrons. The normalized spacial score (nSPS) is 17.1. The standard InChI is InChI=1S/C22H26ClN3O4/c1-22(2,3)30-21(29)26-13-16-7-5-4-6-14(16)10-17(26)18(27)12-25-20(28)15-8-9-19(23)24-11-15/h4-9,11,17-18,27H,10,12-13H2,1-3H3,(H,25,28)/t17-,18+/m0/s1. The van der Waals surface area contributed by atoms with Crippen LogP contribution >= 0.6 is 11.6 Å². The van der Waals surface area contributed by atoms with Crippen molar-refractivity contribution in [1.29, 1.82) is 0 Å². The zero-order valence-electron chi connectivity index (χ0n) is 17.3. The third-order valence-corrected chi connectivity index (χ3v) is 5.05. The van der Waals surface area contributed by atoms with Crippen LogP contribution in [-0.2, 0) is 17.7 Å². The number of rotatable bonds is 4. The molecule has 0 saturated heterocycles. The van der Waals surface area contributed by atoms with Gasteiger partial charge in [0.05, 0.1) is 17.7 Å². The molecule has 2 amide bonds. The van der Waals surface area contributed by atoms with Crippen LogP contribution in [0.25, 0.3) is 0 Å². The number of aromatic nitrogens is 1. The number of nitrogens with one attached hydrogen (secondary N) is 1. The second-order valence-corrected chi connectivity index (χ2v) is 8.68. The van der Waals surface area contributed by atoms with Crippen molar-refractivity contribution in [2.45, 2.75) is 51.5 Å². The van der Waals surface area contributed by atoms with Gasteiger partial charge in [-0.2, -0.15) is 0 Å². The quantitative estimate of drug-likeness (QED) is 0.725. The third kappa shape index (κ3) is 5.49. The van der Waals surface area contributed by atoms with E-state index in [0.29, 0.717) is 23.7 Å². The molecule has 160 valence electrons. The molecule has 30 heavy (non-hydrogen) atoms. The van der Waals surface area contributed by atoms with E-state index in [1.54, 1.807) is 26.8 Å².